The summed E-state index contributed by atoms with van der Waals surface area (Å²) < 4.78 is 6.87. The molecule has 7 heteroatoms. The minimum absolute atomic E-state index is 0.214. The van der Waals surface area contributed by atoms with Gasteiger partial charge in [0.05, 0.1) is 17.5 Å². The number of aromatic amines is 1. The molecule has 0 spiro atoms. The van der Waals surface area contributed by atoms with Gasteiger partial charge in [-0.05, 0) is 46.3 Å². The van der Waals surface area contributed by atoms with Crippen LogP contribution in [0.5, 0.6) is 0 Å². The number of carbonyl (C=O) groups is 1. The molecule has 0 aliphatic rings. The Morgan fingerprint density at radius 2 is 2.00 bits per heavy atom. The maximum Gasteiger partial charge on any atom is 0.330 e. The monoisotopic (exact) mass is 347 g/mol. The van der Waals surface area contributed by atoms with E-state index in [1.54, 1.807) is 42.7 Å². The molecule has 0 saturated heterocycles. The predicted molar refractivity (Wildman–Crippen MR) is 80.8 cm³/mol. The number of hydrogen-bond acceptors (Lipinski definition) is 3. The highest BCUT2D eigenvalue weighted by molar-refractivity contribution is 9.10. The van der Waals surface area contributed by atoms with E-state index in [-0.39, 0.29) is 11.6 Å². The maximum atomic E-state index is 12.0. The molecule has 21 heavy (non-hydrogen) atoms. The lowest BCUT2D eigenvalue weighted by molar-refractivity contribution is 0.102. The lowest BCUT2D eigenvalue weighted by Gasteiger charge is -2.06. The van der Waals surface area contributed by atoms with E-state index in [0.29, 0.717) is 21.6 Å². The van der Waals surface area contributed by atoms with Crippen molar-refractivity contribution in [1.82, 2.24) is 9.55 Å². The fraction of sp³-hybridized carbons (Fsp3) is 0. The molecule has 2 N–H and O–H groups in total. The molecule has 0 aliphatic heterocycles. The average molecular weight is 348 g/mol. The molecule has 0 radical (unpaired) electrons. The van der Waals surface area contributed by atoms with E-state index < -0.39 is 0 Å². The first kappa shape index (κ1) is 13.4. The Morgan fingerprint density at radius 3 is 2.57 bits per heavy atom. The number of H-pyrrole nitrogens is 1. The number of amides is 1. The first-order valence-electron chi connectivity index (χ1n) is 6.06. The third-order valence-electron chi connectivity index (χ3n) is 2.92. The Balaban J connectivity index is 1.79. The van der Waals surface area contributed by atoms with Crippen LogP contribution in [0.2, 0.25) is 0 Å². The number of imidazole rings is 1. The second-order valence-corrected chi connectivity index (χ2v) is 4.96. The molecule has 2 aromatic heterocycles. The molecule has 3 rings (SSSR count). The van der Waals surface area contributed by atoms with Gasteiger partial charge in [-0.15, -0.1) is 0 Å². The van der Waals surface area contributed by atoms with Crippen LogP contribution in [-0.2, 0) is 0 Å². The van der Waals surface area contributed by atoms with Crippen molar-refractivity contribution in [2.24, 2.45) is 0 Å². The molecule has 2 heterocycles. The normalized spacial score (nSPS) is 10.5. The van der Waals surface area contributed by atoms with Gasteiger partial charge in [-0.25, -0.2) is 4.79 Å². The van der Waals surface area contributed by atoms with Gasteiger partial charge in [-0.3, -0.25) is 9.36 Å². The third-order valence-corrected chi connectivity index (χ3v) is 3.53. The van der Waals surface area contributed by atoms with Crippen molar-refractivity contribution in [3.05, 3.63) is 69.7 Å². The lowest BCUT2D eigenvalue weighted by Crippen LogP contribution is -2.14. The van der Waals surface area contributed by atoms with Crippen molar-refractivity contribution in [2.75, 3.05) is 5.32 Å². The number of nitrogens with one attached hydrogen (secondary N) is 2. The van der Waals surface area contributed by atoms with Gasteiger partial charge < -0.3 is 14.7 Å². The zero-order valence-corrected chi connectivity index (χ0v) is 12.3. The maximum absolute atomic E-state index is 12.0. The van der Waals surface area contributed by atoms with Gasteiger partial charge in [0.2, 0.25) is 0 Å². The first-order valence-corrected chi connectivity index (χ1v) is 6.85. The van der Waals surface area contributed by atoms with Crippen molar-refractivity contribution >= 4 is 27.5 Å². The van der Waals surface area contributed by atoms with Crippen LogP contribution in [0.1, 0.15) is 10.4 Å². The minimum atomic E-state index is -0.276. The van der Waals surface area contributed by atoms with Crippen LogP contribution in [0.15, 0.2) is 62.9 Å². The number of aromatic nitrogens is 2. The van der Waals surface area contributed by atoms with Gasteiger partial charge in [0.25, 0.3) is 5.91 Å². The SMILES string of the molecule is O=C(Nc1ccc(-n2cc[nH]c2=O)cc1)c1ccoc1Br. The summed E-state index contributed by atoms with van der Waals surface area (Å²) in [5.74, 6) is -0.276. The second-order valence-electron chi connectivity index (χ2n) is 4.24. The van der Waals surface area contributed by atoms with E-state index in [1.165, 1.54) is 10.8 Å². The smallest absolute Gasteiger partial charge is 0.330 e. The number of carbonyl (C=O) groups excluding carboxylic acids is 1. The van der Waals surface area contributed by atoms with E-state index in [0.717, 1.165) is 0 Å². The number of rotatable bonds is 3. The van der Waals surface area contributed by atoms with E-state index in [2.05, 4.69) is 26.2 Å². The van der Waals surface area contributed by atoms with E-state index in [4.69, 9.17) is 4.42 Å². The fourth-order valence-corrected chi connectivity index (χ4v) is 2.30. The van der Waals surface area contributed by atoms with E-state index in [1.807, 2.05) is 0 Å². The topological polar surface area (TPSA) is 80.0 Å². The van der Waals surface area contributed by atoms with Crippen LogP contribution in [0.25, 0.3) is 5.69 Å². The molecule has 106 valence electrons. The van der Waals surface area contributed by atoms with Crippen molar-refractivity contribution in [3.63, 3.8) is 0 Å². The summed E-state index contributed by atoms with van der Waals surface area (Å²) >= 11 is 3.16. The fourth-order valence-electron chi connectivity index (χ4n) is 1.88. The molecule has 0 unspecified atom stereocenters. The number of furan rings is 1. The predicted octanol–water partition coefficient (Wildman–Crippen LogP) is 2.77. The number of benzene rings is 1. The van der Waals surface area contributed by atoms with Gasteiger partial charge in [0.1, 0.15) is 0 Å². The second kappa shape index (κ2) is 5.45. The largest absolute Gasteiger partial charge is 0.457 e. The van der Waals surface area contributed by atoms with Crippen LogP contribution >= 0.6 is 15.9 Å². The zero-order valence-electron chi connectivity index (χ0n) is 10.7. The summed E-state index contributed by atoms with van der Waals surface area (Å²) in [5, 5.41) is 2.75. The summed E-state index contributed by atoms with van der Waals surface area (Å²) in [6.07, 6.45) is 4.63. The Bertz CT molecular complexity index is 830. The van der Waals surface area contributed by atoms with Gasteiger partial charge >= 0.3 is 5.69 Å². The van der Waals surface area contributed by atoms with E-state index in [9.17, 15) is 9.59 Å². The summed E-state index contributed by atoms with van der Waals surface area (Å²) in [6, 6.07) is 8.51. The highest BCUT2D eigenvalue weighted by Gasteiger charge is 2.12. The third kappa shape index (κ3) is 2.68. The molecule has 0 atom stereocenters. The Hall–Kier alpha value is -2.54. The zero-order chi connectivity index (χ0) is 14.8. The lowest BCUT2D eigenvalue weighted by atomic mass is 10.2. The summed E-state index contributed by atoms with van der Waals surface area (Å²) in [5.41, 5.74) is 1.54. The Labute approximate surface area is 127 Å². The molecule has 6 nitrogen and oxygen atoms in total. The molecular weight excluding hydrogens is 338 g/mol. The molecule has 3 aromatic rings. The van der Waals surface area contributed by atoms with Gasteiger partial charge in [0, 0.05) is 18.1 Å². The van der Waals surface area contributed by atoms with Gasteiger partial charge in [0.15, 0.2) is 4.67 Å². The van der Waals surface area contributed by atoms with Gasteiger partial charge in [-0.2, -0.15) is 0 Å². The molecule has 1 amide bonds. The summed E-state index contributed by atoms with van der Waals surface area (Å²) in [4.78, 5) is 26.1. The molecule has 0 bridgehead atoms. The molecule has 0 aliphatic carbocycles. The van der Waals surface area contributed by atoms with Crippen molar-refractivity contribution < 1.29 is 9.21 Å². The Morgan fingerprint density at radius 1 is 1.24 bits per heavy atom. The minimum Gasteiger partial charge on any atom is -0.457 e. The Kier molecular flexibility index (Phi) is 3.49. The average Bonchev–Trinajstić information content (AvgIpc) is 3.08. The molecule has 0 fully saturated rings. The quantitative estimate of drug-likeness (QED) is 0.764. The molecular formula is C14H10BrN3O3. The molecule has 0 saturated carbocycles. The standard InChI is InChI=1S/C14H10BrN3O3/c15-12-11(5-8-21-12)13(19)17-9-1-3-10(4-2-9)18-7-6-16-14(18)20/h1-8H,(H,16,20)(H,17,19). The number of anilines is 1. The highest BCUT2D eigenvalue weighted by Crippen LogP contribution is 2.19. The van der Waals surface area contributed by atoms with Crippen molar-refractivity contribution in [3.8, 4) is 5.69 Å². The van der Waals surface area contributed by atoms with Crippen LogP contribution in [0.3, 0.4) is 0 Å². The van der Waals surface area contributed by atoms with Crippen molar-refractivity contribution in [2.45, 2.75) is 0 Å². The van der Waals surface area contributed by atoms with Crippen LogP contribution in [0, 0.1) is 0 Å². The van der Waals surface area contributed by atoms with Crippen LogP contribution in [-0.4, -0.2) is 15.5 Å². The first-order chi connectivity index (χ1) is 10.1. The van der Waals surface area contributed by atoms with Crippen LogP contribution in [0.4, 0.5) is 5.69 Å². The molecule has 1 aromatic carbocycles. The summed E-state index contributed by atoms with van der Waals surface area (Å²) in [6.45, 7) is 0. The van der Waals surface area contributed by atoms with Gasteiger partial charge in [-0.1, -0.05) is 0 Å². The number of nitrogens with zero attached hydrogens (tertiary/aromatic N) is 1. The number of halogens is 1. The summed E-state index contributed by atoms with van der Waals surface area (Å²) in [7, 11) is 0. The van der Waals surface area contributed by atoms with E-state index >= 15 is 0 Å². The highest BCUT2D eigenvalue weighted by atomic mass is 79.9. The number of hydrogen-bond donors (Lipinski definition) is 2. The van der Waals surface area contributed by atoms with Crippen LogP contribution < -0.4 is 11.0 Å². The van der Waals surface area contributed by atoms with Crippen molar-refractivity contribution in [1.29, 1.82) is 0 Å².